The van der Waals surface area contributed by atoms with Gasteiger partial charge < -0.3 is 20.1 Å². The van der Waals surface area contributed by atoms with E-state index in [1.165, 1.54) is 0 Å². The van der Waals surface area contributed by atoms with E-state index in [4.69, 9.17) is 9.47 Å². The van der Waals surface area contributed by atoms with Gasteiger partial charge in [-0.3, -0.25) is 0 Å². The Morgan fingerprint density at radius 2 is 2.07 bits per heavy atom. The lowest BCUT2D eigenvalue weighted by atomic mass is 9.88. The van der Waals surface area contributed by atoms with Gasteiger partial charge in [0.2, 0.25) is 0 Å². The zero-order chi connectivity index (χ0) is 10.5. The Kier molecular flexibility index (Phi) is 4.38. The van der Waals surface area contributed by atoms with Gasteiger partial charge in [0.15, 0.2) is 0 Å². The number of hydrogen-bond donors (Lipinski definition) is 2. The molecule has 0 saturated carbocycles. The molecule has 0 aromatic rings. The minimum atomic E-state index is 0.326. The van der Waals surface area contributed by atoms with E-state index in [1.54, 1.807) is 0 Å². The molecule has 2 aliphatic heterocycles. The van der Waals surface area contributed by atoms with Crippen molar-refractivity contribution >= 4 is 0 Å². The van der Waals surface area contributed by atoms with Crippen LogP contribution in [0.3, 0.4) is 0 Å². The van der Waals surface area contributed by atoms with Crippen LogP contribution in [-0.2, 0) is 9.47 Å². The maximum absolute atomic E-state index is 5.82. The molecule has 0 aromatic carbocycles. The van der Waals surface area contributed by atoms with Crippen LogP contribution in [0.1, 0.15) is 12.8 Å². The fraction of sp³-hybridized carbons (Fsp3) is 1.00. The minimum absolute atomic E-state index is 0.326. The van der Waals surface area contributed by atoms with E-state index < -0.39 is 0 Å². The summed E-state index contributed by atoms with van der Waals surface area (Å²) in [4.78, 5) is 0. The maximum Gasteiger partial charge on any atom is 0.0855 e. The number of hydrogen-bond acceptors (Lipinski definition) is 4. The van der Waals surface area contributed by atoms with Gasteiger partial charge >= 0.3 is 0 Å². The Morgan fingerprint density at radius 1 is 1.27 bits per heavy atom. The number of morpholine rings is 1. The quantitative estimate of drug-likeness (QED) is 0.693. The van der Waals surface area contributed by atoms with Crippen molar-refractivity contribution in [2.75, 3.05) is 40.0 Å². The van der Waals surface area contributed by atoms with Crippen LogP contribution in [0.4, 0.5) is 0 Å². The average Bonchev–Trinajstić information content (AvgIpc) is 2.33. The molecule has 15 heavy (non-hydrogen) atoms. The molecule has 2 N–H and O–H groups in total. The average molecular weight is 214 g/mol. The smallest absolute Gasteiger partial charge is 0.0855 e. The SMILES string of the molecule is CNC(C1CCOCC1)C1CNCCO1. The highest BCUT2D eigenvalue weighted by Gasteiger charge is 2.31. The molecule has 2 heterocycles. The lowest BCUT2D eigenvalue weighted by Crippen LogP contribution is -2.53. The summed E-state index contributed by atoms with van der Waals surface area (Å²) in [6, 6.07) is 0.474. The van der Waals surface area contributed by atoms with Crippen LogP contribution in [0.15, 0.2) is 0 Å². The van der Waals surface area contributed by atoms with Gasteiger partial charge in [-0.1, -0.05) is 0 Å². The second-order valence-electron chi connectivity index (χ2n) is 4.38. The van der Waals surface area contributed by atoms with Crippen LogP contribution in [0, 0.1) is 5.92 Å². The number of ether oxygens (including phenoxy) is 2. The lowest BCUT2D eigenvalue weighted by molar-refractivity contribution is -0.0283. The van der Waals surface area contributed by atoms with E-state index in [0.717, 1.165) is 45.8 Å². The van der Waals surface area contributed by atoms with Gasteiger partial charge in [-0.25, -0.2) is 0 Å². The first-order chi connectivity index (χ1) is 7.42. The molecule has 0 spiro atoms. The first-order valence-corrected chi connectivity index (χ1v) is 5.99. The normalized spacial score (nSPS) is 31.4. The van der Waals surface area contributed by atoms with Gasteiger partial charge in [-0.05, 0) is 25.8 Å². The Hall–Kier alpha value is -0.160. The third-order valence-electron chi connectivity index (χ3n) is 3.46. The predicted molar refractivity (Wildman–Crippen MR) is 59.0 cm³/mol. The summed E-state index contributed by atoms with van der Waals surface area (Å²) in [5.74, 6) is 0.702. The summed E-state index contributed by atoms with van der Waals surface area (Å²) in [5, 5.41) is 6.81. The highest BCUT2D eigenvalue weighted by Crippen LogP contribution is 2.22. The largest absolute Gasteiger partial charge is 0.381 e. The predicted octanol–water partition coefficient (Wildman–Crippen LogP) is -0.0106. The molecular weight excluding hydrogens is 192 g/mol. The molecule has 0 bridgehead atoms. The minimum Gasteiger partial charge on any atom is -0.381 e. The highest BCUT2D eigenvalue weighted by atomic mass is 16.5. The fourth-order valence-corrected chi connectivity index (χ4v) is 2.62. The second-order valence-corrected chi connectivity index (χ2v) is 4.38. The van der Waals surface area contributed by atoms with Crippen molar-refractivity contribution in [1.29, 1.82) is 0 Å². The molecular formula is C11H22N2O2. The van der Waals surface area contributed by atoms with Gasteiger partial charge in [-0.2, -0.15) is 0 Å². The van der Waals surface area contributed by atoms with Gasteiger partial charge in [-0.15, -0.1) is 0 Å². The van der Waals surface area contributed by atoms with Gasteiger partial charge in [0.25, 0.3) is 0 Å². The Morgan fingerprint density at radius 3 is 2.67 bits per heavy atom. The van der Waals surface area contributed by atoms with Gasteiger partial charge in [0, 0.05) is 32.3 Å². The van der Waals surface area contributed by atoms with Gasteiger partial charge in [0.05, 0.1) is 12.7 Å². The van der Waals surface area contributed by atoms with Crippen LogP contribution >= 0.6 is 0 Å². The molecule has 88 valence electrons. The topological polar surface area (TPSA) is 42.5 Å². The first-order valence-electron chi connectivity index (χ1n) is 5.99. The Balaban J connectivity index is 1.88. The summed E-state index contributed by atoms with van der Waals surface area (Å²) >= 11 is 0. The number of rotatable bonds is 3. The van der Waals surface area contributed by atoms with Crippen molar-refractivity contribution < 1.29 is 9.47 Å². The van der Waals surface area contributed by atoms with Crippen molar-refractivity contribution in [3.05, 3.63) is 0 Å². The van der Waals surface area contributed by atoms with Gasteiger partial charge in [0.1, 0.15) is 0 Å². The lowest BCUT2D eigenvalue weighted by Gasteiger charge is -2.37. The molecule has 2 aliphatic rings. The molecule has 2 atom stereocenters. The van der Waals surface area contributed by atoms with E-state index in [-0.39, 0.29) is 0 Å². The van der Waals surface area contributed by atoms with Crippen molar-refractivity contribution in [1.82, 2.24) is 10.6 Å². The van der Waals surface area contributed by atoms with Crippen LogP contribution in [0.5, 0.6) is 0 Å². The molecule has 2 fully saturated rings. The molecule has 2 saturated heterocycles. The monoisotopic (exact) mass is 214 g/mol. The molecule has 0 aromatic heterocycles. The zero-order valence-electron chi connectivity index (χ0n) is 9.50. The van der Waals surface area contributed by atoms with E-state index in [2.05, 4.69) is 10.6 Å². The Labute approximate surface area is 91.7 Å². The second kappa shape index (κ2) is 5.80. The number of likely N-dealkylation sites (N-methyl/N-ethyl adjacent to an activating group) is 1. The van der Waals surface area contributed by atoms with E-state index in [0.29, 0.717) is 18.1 Å². The summed E-state index contributed by atoms with van der Waals surface area (Å²) in [6.07, 6.45) is 2.64. The molecule has 0 aliphatic carbocycles. The molecule has 0 amide bonds. The standard InChI is InChI=1S/C11H22N2O2/c1-12-11(9-2-5-14-6-3-9)10-8-13-4-7-15-10/h9-13H,2-8H2,1H3. The summed E-state index contributed by atoms with van der Waals surface area (Å²) < 4.78 is 11.2. The number of nitrogens with one attached hydrogen (secondary N) is 2. The summed E-state index contributed by atoms with van der Waals surface area (Å²) in [7, 11) is 2.04. The highest BCUT2D eigenvalue weighted by molar-refractivity contribution is 4.87. The summed E-state index contributed by atoms with van der Waals surface area (Å²) in [6.45, 7) is 4.61. The van der Waals surface area contributed by atoms with Crippen LogP contribution in [0.25, 0.3) is 0 Å². The van der Waals surface area contributed by atoms with Crippen LogP contribution in [-0.4, -0.2) is 52.1 Å². The van der Waals surface area contributed by atoms with Crippen molar-refractivity contribution in [3.8, 4) is 0 Å². The van der Waals surface area contributed by atoms with E-state index >= 15 is 0 Å². The molecule has 4 heteroatoms. The first kappa shape index (κ1) is 11.3. The molecule has 2 unspecified atom stereocenters. The molecule has 0 radical (unpaired) electrons. The van der Waals surface area contributed by atoms with Crippen LogP contribution < -0.4 is 10.6 Å². The third-order valence-corrected chi connectivity index (χ3v) is 3.46. The molecule has 2 rings (SSSR count). The zero-order valence-corrected chi connectivity index (χ0v) is 9.50. The molecule has 4 nitrogen and oxygen atoms in total. The fourth-order valence-electron chi connectivity index (χ4n) is 2.62. The van der Waals surface area contributed by atoms with Crippen molar-refractivity contribution in [3.63, 3.8) is 0 Å². The summed E-state index contributed by atoms with van der Waals surface area (Å²) in [5.41, 5.74) is 0. The maximum atomic E-state index is 5.82. The van der Waals surface area contributed by atoms with Crippen molar-refractivity contribution in [2.45, 2.75) is 25.0 Å². The van der Waals surface area contributed by atoms with E-state index in [1.807, 2.05) is 7.05 Å². The van der Waals surface area contributed by atoms with E-state index in [9.17, 15) is 0 Å². The van der Waals surface area contributed by atoms with Crippen molar-refractivity contribution in [2.24, 2.45) is 5.92 Å². The van der Waals surface area contributed by atoms with Crippen LogP contribution in [0.2, 0.25) is 0 Å². The third kappa shape index (κ3) is 2.91. The Bertz CT molecular complexity index is 159.